The van der Waals surface area contributed by atoms with Crippen LogP contribution in [-0.4, -0.2) is 25.5 Å². The van der Waals surface area contributed by atoms with Crippen molar-refractivity contribution in [2.75, 3.05) is 13.7 Å². The van der Waals surface area contributed by atoms with Crippen LogP contribution in [0, 0.1) is 6.92 Å². The molecule has 28 heavy (non-hydrogen) atoms. The molecule has 0 saturated carbocycles. The Hall–Kier alpha value is -2.29. The molecule has 0 radical (unpaired) electrons. The van der Waals surface area contributed by atoms with Gasteiger partial charge in [-0.3, -0.25) is 9.79 Å². The summed E-state index contributed by atoms with van der Waals surface area (Å²) in [6, 6.07) is 13.4. The number of nitrogens with one attached hydrogen (secondary N) is 2. The van der Waals surface area contributed by atoms with Crippen LogP contribution in [0.3, 0.4) is 0 Å². The lowest BCUT2D eigenvalue weighted by molar-refractivity contribution is 0.1000. The zero-order valence-electron chi connectivity index (χ0n) is 16.6. The van der Waals surface area contributed by atoms with Crippen LogP contribution in [0.15, 0.2) is 47.5 Å². The van der Waals surface area contributed by atoms with Gasteiger partial charge in [0.1, 0.15) is 5.75 Å². The Morgan fingerprint density at radius 3 is 2.57 bits per heavy atom. The smallest absolute Gasteiger partial charge is 0.248 e. The molecule has 0 fully saturated rings. The average molecular weight is 496 g/mol. The van der Waals surface area contributed by atoms with Crippen LogP contribution in [-0.2, 0) is 13.1 Å². The summed E-state index contributed by atoms with van der Waals surface area (Å²) in [5.41, 5.74) is 9.02. The molecule has 1 amide bonds. The Morgan fingerprint density at radius 2 is 1.89 bits per heavy atom. The molecule has 0 bridgehead atoms. The second-order valence-corrected chi connectivity index (χ2v) is 6.30. The van der Waals surface area contributed by atoms with Crippen molar-refractivity contribution in [1.82, 2.24) is 10.6 Å². The van der Waals surface area contributed by atoms with Gasteiger partial charge in [-0.1, -0.05) is 31.2 Å². The highest BCUT2D eigenvalue weighted by atomic mass is 127. The third-order valence-corrected chi connectivity index (χ3v) is 4.03. The van der Waals surface area contributed by atoms with Gasteiger partial charge in [0.2, 0.25) is 5.91 Å². The minimum atomic E-state index is -0.432. The zero-order chi connectivity index (χ0) is 19.6. The van der Waals surface area contributed by atoms with E-state index in [1.54, 1.807) is 19.2 Å². The first kappa shape index (κ1) is 23.7. The summed E-state index contributed by atoms with van der Waals surface area (Å²) in [5, 5.41) is 6.54. The van der Waals surface area contributed by atoms with E-state index in [9.17, 15) is 4.79 Å². The molecule has 0 unspecified atom stereocenters. The number of aliphatic imine (C=N–C) groups is 1. The number of aryl methyl sites for hydroxylation is 1. The molecule has 0 heterocycles. The van der Waals surface area contributed by atoms with E-state index in [-0.39, 0.29) is 24.0 Å². The Balaban J connectivity index is 0.00000392. The quantitative estimate of drug-likeness (QED) is 0.297. The summed E-state index contributed by atoms with van der Waals surface area (Å²) in [6.45, 7) is 5.97. The van der Waals surface area contributed by atoms with Crippen LogP contribution in [0.5, 0.6) is 5.75 Å². The SMILES string of the molecule is CCCOc1cc(C)ccc1CNC(=NC)NCc1cccc(C(N)=O)c1.I. The first-order valence-corrected chi connectivity index (χ1v) is 9.09. The number of amides is 1. The normalized spacial score (nSPS) is 10.8. The first-order chi connectivity index (χ1) is 13.0. The number of nitrogens with two attached hydrogens (primary N) is 1. The second kappa shape index (κ2) is 12.2. The third-order valence-electron chi connectivity index (χ3n) is 4.03. The molecule has 7 heteroatoms. The number of carbonyl (C=O) groups excluding carboxylic acids is 1. The number of carbonyl (C=O) groups is 1. The topological polar surface area (TPSA) is 88.7 Å². The van der Waals surface area contributed by atoms with Crippen LogP contribution in [0.1, 0.15) is 40.4 Å². The van der Waals surface area contributed by atoms with Crippen molar-refractivity contribution in [3.05, 3.63) is 64.7 Å². The number of rotatable bonds is 8. The Bertz CT molecular complexity index is 809. The average Bonchev–Trinajstić information content (AvgIpc) is 2.67. The minimum absolute atomic E-state index is 0. The monoisotopic (exact) mass is 496 g/mol. The molecule has 0 atom stereocenters. The van der Waals surface area contributed by atoms with Gasteiger partial charge in [0.15, 0.2) is 5.96 Å². The summed E-state index contributed by atoms with van der Waals surface area (Å²) in [6.07, 6.45) is 0.967. The van der Waals surface area contributed by atoms with Gasteiger partial charge < -0.3 is 21.1 Å². The van der Waals surface area contributed by atoms with E-state index < -0.39 is 5.91 Å². The fraction of sp³-hybridized carbons (Fsp3) is 0.333. The molecule has 0 aliphatic heterocycles. The van der Waals surface area contributed by atoms with Gasteiger partial charge in [0, 0.05) is 31.3 Å². The maximum absolute atomic E-state index is 11.3. The number of ether oxygens (including phenoxy) is 1. The summed E-state index contributed by atoms with van der Waals surface area (Å²) in [4.78, 5) is 15.5. The van der Waals surface area contributed by atoms with E-state index in [2.05, 4.69) is 47.7 Å². The van der Waals surface area contributed by atoms with Crippen molar-refractivity contribution in [3.63, 3.8) is 0 Å². The van der Waals surface area contributed by atoms with Crippen LogP contribution >= 0.6 is 24.0 Å². The third kappa shape index (κ3) is 7.38. The number of primary amides is 1. The molecule has 0 aromatic heterocycles. The maximum atomic E-state index is 11.3. The van der Waals surface area contributed by atoms with Crippen molar-refractivity contribution in [2.45, 2.75) is 33.4 Å². The standard InChI is InChI=1S/C21H28N4O2.HI/c1-4-10-27-19-11-15(2)8-9-18(19)14-25-21(23-3)24-13-16-6-5-7-17(12-16)20(22)26;/h5-9,11-12H,4,10,13-14H2,1-3H3,(H2,22,26)(H2,23,24,25);1H. The Labute approximate surface area is 184 Å². The van der Waals surface area contributed by atoms with Crippen LogP contribution in [0.2, 0.25) is 0 Å². The minimum Gasteiger partial charge on any atom is -0.493 e. The zero-order valence-corrected chi connectivity index (χ0v) is 18.9. The number of guanidine groups is 1. The van der Waals surface area contributed by atoms with Crippen molar-refractivity contribution < 1.29 is 9.53 Å². The van der Waals surface area contributed by atoms with E-state index in [0.717, 1.165) is 23.3 Å². The largest absolute Gasteiger partial charge is 0.493 e. The summed E-state index contributed by atoms with van der Waals surface area (Å²) >= 11 is 0. The van der Waals surface area contributed by atoms with Gasteiger partial charge in [0.05, 0.1) is 6.61 Å². The summed E-state index contributed by atoms with van der Waals surface area (Å²) in [5.74, 6) is 1.13. The fourth-order valence-corrected chi connectivity index (χ4v) is 2.57. The first-order valence-electron chi connectivity index (χ1n) is 9.09. The number of hydrogen-bond acceptors (Lipinski definition) is 3. The number of hydrogen-bond donors (Lipinski definition) is 3. The predicted molar refractivity (Wildman–Crippen MR) is 124 cm³/mol. The predicted octanol–water partition coefficient (Wildman–Crippen LogP) is 3.37. The van der Waals surface area contributed by atoms with Gasteiger partial charge in [-0.15, -0.1) is 24.0 Å². The number of nitrogens with zero attached hydrogens (tertiary/aromatic N) is 1. The molecular weight excluding hydrogens is 467 g/mol. The molecular formula is C21H29IN4O2. The fourth-order valence-electron chi connectivity index (χ4n) is 2.57. The summed E-state index contributed by atoms with van der Waals surface area (Å²) < 4.78 is 5.85. The maximum Gasteiger partial charge on any atom is 0.248 e. The molecule has 2 aromatic carbocycles. The molecule has 152 valence electrons. The van der Waals surface area contributed by atoms with Crippen molar-refractivity contribution in [2.24, 2.45) is 10.7 Å². The lowest BCUT2D eigenvalue weighted by Crippen LogP contribution is -2.36. The van der Waals surface area contributed by atoms with Crippen LogP contribution in [0.4, 0.5) is 0 Å². The molecule has 0 spiro atoms. The van der Waals surface area contributed by atoms with Crippen LogP contribution in [0.25, 0.3) is 0 Å². The van der Waals surface area contributed by atoms with Gasteiger partial charge in [-0.05, 0) is 42.7 Å². The summed E-state index contributed by atoms with van der Waals surface area (Å²) in [7, 11) is 1.72. The molecule has 0 aliphatic carbocycles. The lowest BCUT2D eigenvalue weighted by Gasteiger charge is -2.15. The second-order valence-electron chi connectivity index (χ2n) is 6.30. The van der Waals surface area contributed by atoms with Gasteiger partial charge in [0.25, 0.3) is 0 Å². The van der Waals surface area contributed by atoms with E-state index in [0.29, 0.717) is 31.2 Å². The van der Waals surface area contributed by atoms with Gasteiger partial charge in [-0.25, -0.2) is 0 Å². The molecule has 2 aromatic rings. The molecule has 0 saturated heterocycles. The molecule has 2 rings (SSSR count). The Kier molecular flexibility index (Phi) is 10.4. The van der Waals surface area contributed by atoms with Crippen molar-refractivity contribution in [3.8, 4) is 5.75 Å². The highest BCUT2D eigenvalue weighted by Gasteiger charge is 2.06. The van der Waals surface area contributed by atoms with E-state index in [4.69, 9.17) is 10.5 Å². The van der Waals surface area contributed by atoms with Crippen molar-refractivity contribution in [1.29, 1.82) is 0 Å². The van der Waals surface area contributed by atoms with Gasteiger partial charge in [-0.2, -0.15) is 0 Å². The van der Waals surface area contributed by atoms with Crippen molar-refractivity contribution >= 4 is 35.8 Å². The van der Waals surface area contributed by atoms with E-state index >= 15 is 0 Å². The molecule has 4 N–H and O–H groups in total. The molecule has 6 nitrogen and oxygen atoms in total. The highest BCUT2D eigenvalue weighted by molar-refractivity contribution is 14.0. The number of benzene rings is 2. The highest BCUT2D eigenvalue weighted by Crippen LogP contribution is 2.20. The Morgan fingerprint density at radius 1 is 1.14 bits per heavy atom. The van der Waals surface area contributed by atoms with E-state index in [1.165, 1.54) is 5.56 Å². The van der Waals surface area contributed by atoms with Gasteiger partial charge >= 0.3 is 0 Å². The van der Waals surface area contributed by atoms with E-state index in [1.807, 2.05) is 12.1 Å². The lowest BCUT2D eigenvalue weighted by atomic mass is 10.1. The number of halogens is 1. The molecule has 0 aliphatic rings. The van der Waals surface area contributed by atoms with Crippen LogP contribution < -0.4 is 21.1 Å².